The van der Waals surface area contributed by atoms with Crippen molar-refractivity contribution in [2.24, 2.45) is 5.73 Å². The molecule has 0 saturated carbocycles. The van der Waals surface area contributed by atoms with E-state index in [1.165, 1.54) is 24.3 Å². The third-order valence-corrected chi connectivity index (χ3v) is 3.05. The smallest absolute Gasteiger partial charge is 0.142 e. The molecule has 0 bridgehead atoms. The van der Waals surface area contributed by atoms with Crippen LogP contribution in [0.15, 0.2) is 42.5 Å². The Morgan fingerprint density at radius 1 is 1.06 bits per heavy atom. The maximum absolute atomic E-state index is 13.3. The lowest BCUT2D eigenvalue weighted by molar-refractivity contribution is 0.617. The Morgan fingerprint density at radius 3 is 2.33 bits per heavy atom. The SMILES string of the molecule is NC(Cc1ccc(F)cc1)c1ccc(Cl)c(F)c1. The second-order valence-electron chi connectivity index (χ2n) is 4.11. The summed E-state index contributed by atoms with van der Waals surface area (Å²) in [6.07, 6.45) is 0.515. The van der Waals surface area contributed by atoms with Gasteiger partial charge in [-0.3, -0.25) is 0 Å². The van der Waals surface area contributed by atoms with Gasteiger partial charge in [0.25, 0.3) is 0 Å². The molecule has 4 heteroatoms. The third kappa shape index (κ3) is 3.06. The van der Waals surface area contributed by atoms with Crippen LogP contribution in [-0.4, -0.2) is 0 Å². The summed E-state index contributed by atoms with van der Waals surface area (Å²) >= 11 is 5.61. The van der Waals surface area contributed by atoms with E-state index in [1.807, 2.05) is 0 Å². The Balaban J connectivity index is 2.13. The molecule has 2 rings (SSSR count). The van der Waals surface area contributed by atoms with E-state index in [0.29, 0.717) is 12.0 Å². The standard InChI is InChI=1S/C14H12ClF2N/c15-12-6-3-10(8-13(12)17)14(18)7-9-1-4-11(16)5-2-9/h1-6,8,14H,7,18H2. The van der Waals surface area contributed by atoms with Crippen molar-refractivity contribution in [2.45, 2.75) is 12.5 Å². The lowest BCUT2D eigenvalue weighted by Crippen LogP contribution is -2.13. The highest BCUT2D eigenvalue weighted by atomic mass is 35.5. The first-order valence-electron chi connectivity index (χ1n) is 5.51. The molecule has 1 nitrogen and oxygen atoms in total. The topological polar surface area (TPSA) is 26.0 Å². The fraction of sp³-hybridized carbons (Fsp3) is 0.143. The van der Waals surface area contributed by atoms with E-state index in [0.717, 1.165) is 5.56 Å². The van der Waals surface area contributed by atoms with Crippen molar-refractivity contribution in [1.29, 1.82) is 0 Å². The van der Waals surface area contributed by atoms with Crippen LogP contribution in [0.4, 0.5) is 8.78 Å². The summed E-state index contributed by atoms with van der Waals surface area (Å²) in [6.45, 7) is 0. The van der Waals surface area contributed by atoms with Gasteiger partial charge < -0.3 is 5.73 Å². The molecule has 0 fully saturated rings. The summed E-state index contributed by atoms with van der Waals surface area (Å²) in [5, 5.41) is 0.0766. The minimum atomic E-state index is -0.483. The molecule has 2 aromatic rings. The predicted molar refractivity (Wildman–Crippen MR) is 68.4 cm³/mol. The largest absolute Gasteiger partial charge is 0.324 e. The predicted octanol–water partition coefficient (Wildman–Crippen LogP) is 3.86. The third-order valence-electron chi connectivity index (χ3n) is 2.74. The number of hydrogen-bond donors (Lipinski definition) is 1. The molecule has 2 aromatic carbocycles. The fourth-order valence-electron chi connectivity index (χ4n) is 1.74. The molecule has 0 spiro atoms. The zero-order chi connectivity index (χ0) is 13.1. The molecule has 0 radical (unpaired) electrons. The first-order chi connectivity index (χ1) is 8.56. The van der Waals surface area contributed by atoms with Crippen LogP contribution in [0.25, 0.3) is 0 Å². The molecule has 0 aromatic heterocycles. The second kappa shape index (κ2) is 5.46. The van der Waals surface area contributed by atoms with Crippen LogP contribution in [0.2, 0.25) is 5.02 Å². The molecule has 0 aliphatic rings. The Hall–Kier alpha value is -1.45. The van der Waals surface area contributed by atoms with Gasteiger partial charge in [0.15, 0.2) is 0 Å². The molecule has 18 heavy (non-hydrogen) atoms. The molecule has 0 amide bonds. The fourth-order valence-corrected chi connectivity index (χ4v) is 1.85. The van der Waals surface area contributed by atoms with E-state index >= 15 is 0 Å². The van der Waals surface area contributed by atoms with Gasteiger partial charge in [0.05, 0.1) is 5.02 Å². The molecule has 0 aliphatic heterocycles. The summed E-state index contributed by atoms with van der Waals surface area (Å²) in [7, 11) is 0. The molecule has 94 valence electrons. The molecule has 1 unspecified atom stereocenters. The van der Waals surface area contributed by atoms with Gasteiger partial charge in [0, 0.05) is 6.04 Å². The van der Waals surface area contributed by atoms with Gasteiger partial charge in [-0.1, -0.05) is 29.8 Å². The van der Waals surface area contributed by atoms with Crippen molar-refractivity contribution < 1.29 is 8.78 Å². The Bertz CT molecular complexity index is 540. The van der Waals surface area contributed by atoms with Crippen LogP contribution in [0.1, 0.15) is 17.2 Å². The molecule has 2 N–H and O–H groups in total. The Labute approximate surface area is 109 Å². The monoisotopic (exact) mass is 267 g/mol. The summed E-state index contributed by atoms with van der Waals surface area (Å²) in [5.74, 6) is -0.770. The normalized spacial score (nSPS) is 12.4. The van der Waals surface area contributed by atoms with Crippen molar-refractivity contribution in [3.63, 3.8) is 0 Å². The first-order valence-corrected chi connectivity index (χ1v) is 5.89. The Kier molecular flexibility index (Phi) is 3.94. The van der Waals surface area contributed by atoms with E-state index in [-0.39, 0.29) is 16.9 Å². The molecule has 0 saturated heterocycles. The van der Waals surface area contributed by atoms with Crippen molar-refractivity contribution >= 4 is 11.6 Å². The van der Waals surface area contributed by atoms with Crippen LogP contribution in [-0.2, 0) is 6.42 Å². The minimum Gasteiger partial charge on any atom is -0.324 e. The number of rotatable bonds is 3. The van der Waals surface area contributed by atoms with E-state index < -0.39 is 5.82 Å². The van der Waals surface area contributed by atoms with Crippen molar-refractivity contribution in [3.05, 3.63) is 70.2 Å². The Morgan fingerprint density at radius 2 is 1.72 bits per heavy atom. The summed E-state index contributed by atoms with van der Waals surface area (Å²) in [5.41, 5.74) is 7.55. The average Bonchev–Trinajstić information content (AvgIpc) is 2.35. The van der Waals surface area contributed by atoms with Gasteiger partial charge in [-0.2, -0.15) is 0 Å². The van der Waals surface area contributed by atoms with Crippen LogP contribution >= 0.6 is 11.6 Å². The van der Waals surface area contributed by atoms with Crippen LogP contribution in [0.5, 0.6) is 0 Å². The van der Waals surface area contributed by atoms with Gasteiger partial charge in [0.1, 0.15) is 11.6 Å². The van der Waals surface area contributed by atoms with Gasteiger partial charge in [0.2, 0.25) is 0 Å². The number of benzene rings is 2. The zero-order valence-electron chi connectivity index (χ0n) is 9.54. The van der Waals surface area contributed by atoms with E-state index in [4.69, 9.17) is 17.3 Å². The van der Waals surface area contributed by atoms with Gasteiger partial charge in [-0.25, -0.2) is 8.78 Å². The highest BCUT2D eigenvalue weighted by Gasteiger charge is 2.09. The summed E-state index contributed by atoms with van der Waals surface area (Å²) in [4.78, 5) is 0. The van der Waals surface area contributed by atoms with Crippen LogP contribution in [0.3, 0.4) is 0 Å². The van der Waals surface area contributed by atoms with Crippen molar-refractivity contribution in [1.82, 2.24) is 0 Å². The molecule has 0 heterocycles. The number of halogens is 3. The lowest BCUT2D eigenvalue weighted by Gasteiger charge is -2.12. The van der Waals surface area contributed by atoms with E-state index in [1.54, 1.807) is 18.2 Å². The van der Waals surface area contributed by atoms with E-state index in [2.05, 4.69) is 0 Å². The zero-order valence-corrected chi connectivity index (χ0v) is 10.3. The summed E-state index contributed by atoms with van der Waals surface area (Å²) in [6, 6.07) is 10.3. The number of nitrogens with two attached hydrogens (primary N) is 1. The lowest BCUT2D eigenvalue weighted by atomic mass is 10.00. The van der Waals surface area contributed by atoms with Gasteiger partial charge >= 0.3 is 0 Å². The van der Waals surface area contributed by atoms with Gasteiger partial charge in [-0.05, 0) is 41.8 Å². The van der Waals surface area contributed by atoms with Crippen LogP contribution in [0, 0.1) is 11.6 Å². The molecular formula is C14H12ClF2N. The average molecular weight is 268 g/mol. The molecule has 1 atom stereocenters. The minimum absolute atomic E-state index is 0.0766. The highest BCUT2D eigenvalue weighted by Crippen LogP contribution is 2.21. The second-order valence-corrected chi connectivity index (χ2v) is 4.52. The van der Waals surface area contributed by atoms with Crippen molar-refractivity contribution in [2.75, 3.05) is 0 Å². The quantitative estimate of drug-likeness (QED) is 0.898. The highest BCUT2D eigenvalue weighted by molar-refractivity contribution is 6.30. The maximum atomic E-state index is 13.3. The van der Waals surface area contributed by atoms with E-state index in [9.17, 15) is 8.78 Å². The molecule has 0 aliphatic carbocycles. The van der Waals surface area contributed by atoms with Crippen molar-refractivity contribution in [3.8, 4) is 0 Å². The molecular weight excluding hydrogens is 256 g/mol. The maximum Gasteiger partial charge on any atom is 0.142 e. The van der Waals surface area contributed by atoms with Crippen LogP contribution < -0.4 is 5.73 Å². The van der Waals surface area contributed by atoms with Gasteiger partial charge in [-0.15, -0.1) is 0 Å². The summed E-state index contributed by atoms with van der Waals surface area (Å²) < 4.78 is 26.0. The number of hydrogen-bond acceptors (Lipinski definition) is 1. The first kappa shape index (κ1) is 13.0.